The number of hydrogen-bond donors (Lipinski definition) is 0. The first-order valence-electron chi connectivity index (χ1n) is 7.32. The molecule has 6 heteroatoms. The van der Waals surface area contributed by atoms with Crippen molar-refractivity contribution in [1.29, 1.82) is 5.26 Å². The summed E-state index contributed by atoms with van der Waals surface area (Å²) >= 11 is 0. The summed E-state index contributed by atoms with van der Waals surface area (Å²) in [5.74, 6) is 0.0204. The van der Waals surface area contributed by atoms with Gasteiger partial charge in [-0.2, -0.15) is 5.26 Å². The molecule has 0 spiro atoms. The molecule has 0 bridgehead atoms. The molecule has 0 saturated carbocycles. The average Bonchev–Trinajstić information content (AvgIpc) is 2.31. The van der Waals surface area contributed by atoms with E-state index < -0.39 is 17.7 Å². The molecule has 0 aromatic carbocycles. The molecular formula is C16H29NO3S2. The summed E-state index contributed by atoms with van der Waals surface area (Å²) in [5, 5.41) is 8.56. The van der Waals surface area contributed by atoms with Crippen molar-refractivity contribution in [2.75, 3.05) is 12.4 Å². The van der Waals surface area contributed by atoms with Crippen molar-refractivity contribution in [3.8, 4) is 6.07 Å². The number of hydrogen-bond acceptors (Lipinski definition) is 6. The van der Waals surface area contributed by atoms with Gasteiger partial charge in [-0.05, 0) is 19.3 Å². The minimum absolute atomic E-state index is 0.103. The monoisotopic (exact) mass is 347 g/mol. The topological polar surface area (TPSA) is 59.3 Å². The quantitative estimate of drug-likeness (QED) is 0.501. The molecule has 128 valence electrons. The Hall–Kier alpha value is -0.380. The molecule has 22 heavy (non-hydrogen) atoms. The number of rotatable bonds is 7. The fourth-order valence-electron chi connectivity index (χ4n) is 1.15. The Labute approximate surface area is 143 Å². The molecule has 0 rings (SSSR count). The van der Waals surface area contributed by atoms with Crippen molar-refractivity contribution in [2.45, 2.75) is 71.8 Å². The highest BCUT2D eigenvalue weighted by atomic mass is 33.1. The maximum Gasteiger partial charge on any atom is 0.337 e. The van der Waals surface area contributed by atoms with Gasteiger partial charge in [-0.1, -0.05) is 63.1 Å². The number of carbonyl (C=O) groups excluding carboxylic acids is 1. The number of ether oxygens (including phenoxy) is 2. The Morgan fingerprint density at radius 3 is 2.09 bits per heavy atom. The van der Waals surface area contributed by atoms with E-state index in [0.717, 1.165) is 0 Å². The largest absolute Gasteiger partial charge is 0.448 e. The fraction of sp³-hybridized carbons (Fsp3) is 0.875. The molecule has 0 aliphatic carbocycles. The molecular weight excluding hydrogens is 318 g/mol. The van der Waals surface area contributed by atoms with E-state index in [-0.39, 0.29) is 16.8 Å². The van der Waals surface area contributed by atoms with Crippen LogP contribution in [-0.2, 0) is 14.3 Å². The molecule has 0 aliphatic rings. The summed E-state index contributed by atoms with van der Waals surface area (Å²) in [5.41, 5.74) is -0.612. The van der Waals surface area contributed by atoms with Crippen molar-refractivity contribution < 1.29 is 14.3 Å². The van der Waals surface area contributed by atoms with Gasteiger partial charge >= 0.3 is 5.97 Å². The zero-order valence-corrected chi connectivity index (χ0v) is 16.6. The first-order chi connectivity index (χ1) is 9.80. The van der Waals surface area contributed by atoms with Crippen molar-refractivity contribution in [3.63, 3.8) is 0 Å². The highest BCUT2D eigenvalue weighted by Gasteiger charge is 2.38. The molecule has 0 heterocycles. The second kappa shape index (κ2) is 8.47. The molecule has 4 nitrogen and oxygen atoms in total. The lowest BCUT2D eigenvalue weighted by atomic mass is 9.79. The summed E-state index contributed by atoms with van der Waals surface area (Å²) in [6.45, 7) is 16.3. The summed E-state index contributed by atoms with van der Waals surface area (Å²) in [4.78, 5) is 12.1. The van der Waals surface area contributed by atoms with Gasteiger partial charge in [-0.25, -0.2) is 4.79 Å². The maximum absolute atomic E-state index is 12.1. The fourth-order valence-corrected chi connectivity index (χ4v) is 3.54. The summed E-state index contributed by atoms with van der Waals surface area (Å²) in [7, 11) is 3.29. The summed E-state index contributed by atoms with van der Waals surface area (Å²) in [6.07, 6.45) is -0.678. The standard InChI is InChI=1S/C16H29NO3S2/c1-14(2,3)16(7,8)20-12(13(18)19-10-9-17)11-21-22-15(4,5)6/h12H,10-11H2,1-8H3. The van der Waals surface area contributed by atoms with E-state index in [2.05, 4.69) is 41.5 Å². The number of nitriles is 1. The molecule has 0 radical (unpaired) electrons. The van der Waals surface area contributed by atoms with Gasteiger partial charge in [0.15, 0.2) is 12.7 Å². The van der Waals surface area contributed by atoms with E-state index >= 15 is 0 Å². The van der Waals surface area contributed by atoms with Crippen molar-refractivity contribution in [2.24, 2.45) is 5.41 Å². The van der Waals surface area contributed by atoms with Crippen molar-refractivity contribution in [3.05, 3.63) is 0 Å². The number of esters is 1. The van der Waals surface area contributed by atoms with Gasteiger partial charge in [-0.3, -0.25) is 0 Å². The molecule has 0 fully saturated rings. The minimum Gasteiger partial charge on any atom is -0.448 e. The average molecular weight is 348 g/mol. The van der Waals surface area contributed by atoms with E-state index in [9.17, 15) is 4.79 Å². The third-order valence-corrected chi connectivity index (χ3v) is 6.63. The van der Waals surface area contributed by atoms with Crippen LogP contribution in [0.4, 0.5) is 0 Å². The zero-order valence-electron chi connectivity index (χ0n) is 15.0. The molecule has 0 N–H and O–H groups in total. The van der Waals surface area contributed by atoms with Crippen LogP contribution in [-0.4, -0.2) is 34.8 Å². The Morgan fingerprint density at radius 1 is 1.14 bits per heavy atom. The van der Waals surface area contributed by atoms with Crippen LogP contribution in [0.3, 0.4) is 0 Å². The van der Waals surface area contributed by atoms with Gasteiger partial charge in [0.2, 0.25) is 0 Å². The first-order valence-corrected chi connectivity index (χ1v) is 9.64. The third-order valence-electron chi connectivity index (χ3n) is 3.31. The van der Waals surface area contributed by atoms with Gasteiger partial charge in [0.05, 0.1) is 5.60 Å². The molecule has 0 aliphatic heterocycles. The van der Waals surface area contributed by atoms with Crippen LogP contribution in [0.1, 0.15) is 55.4 Å². The van der Waals surface area contributed by atoms with Crippen LogP contribution in [0.25, 0.3) is 0 Å². The Morgan fingerprint density at radius 2 is 1.68 bits per heavy atom. The highest BCUT2D eigenvalue weighted by molar-refractivity contribution is 8.77. The SMILES string of the molecule is CC(C)(C)SSCC(OC(C)(C)C(C)(C)C)C(=O)OCC#N. The molecule has 0 amide bonds. The minimum atomic E-state index is -0.678. The lowest BCUT2D eigenvalue weighted by molar-refractivity contribution is -0.174. The third kappa shape index (κ3) is 8.30. The number of nitrogens with zero attached hydrogens (tertiary/aromatic N) is 1. The van der Waals surface area contributed by atoms with Crippen LogP contribution < -0.4 is 0 Å². The lowest BCUT2D eigenvalue weighted by Crippen LogP contribution is -2.45. The Balaban J connectivity index is 4.87. The summed E-state index contributed by atoms with van der Waals surface area (Å²) in [6, 6.07) is 1.82. The van der Waals surface area contributed by atoms with E-state index in [1.165, 1.54) is 0 Å². The van der Waals surface area contributed by atoms with Crippen molar-refractivity contribution >= 4 is 27.6 Å². The Bertz CT molecular complexity index is 403. The molecule has 0 saturated heterocycles. The highest BCUT2D eigenvalue weighted by Crippen LogP contribution is 2.38. The number of carbonyl (C=O) groups is 1. The van der Waals surface area contributed by atoms with Crippen LogP contribution in [0.5, 0.6) is 0 Å². The van der Waals surface area contributed by atoms with Crippen LogP contribution in [0.2, 0.25) is 0 Å². The molecule has 0 aromatic heterocycles. The van der Waals surface area contributed by atoms with Crippen LogP contribution in [0, 0.1) is 16.7 Å². The molecule has 1 unspecified atom stereocenters. The van der Waals surface area contributed by atoms with Gasteiger partial charge in [0, 0.05) is 10.5 Å². The van der Waals surface area contributed by atoms with E-state index in [1.807, 2.05) is 19.9 Å². The van der Waals surface area contributed by atoms with E-state index in [1.54, 1.807) is 21.6 Å². The van der Waals surface area contributed by atoms with Crippen LogP contribution >= 0.6 is 21.6 Å². The van der Waals surface area contributed by atoms with Gasteiger partial charge in [-0.15, -0.1) is 0 Å². The van der Waals surface area contributed by atoms with Gasteiger partial charge in [0.25, 0.3) is 0 Å². The maximum atomic E-state index is 12.1. The van der Waals surface area contributed by atoms with Crippen LogP contribution in [0.15, 0.2) is 0 Å². The molecule has 1 atom stereocenters. The second-order valence-corrected chi connectivity index (χ2v) is 10.8. The van der Waals surface area contributed by atoms with E-state index in [0.29, 0.717) is 5.75 Å². The van der Waals surface area contributed by atoms with Gasteiger partial charge in [0.1, 0.15) is 6.07 Å². The lowest BCUT2D eigenvalue weighted by Gasteiger charge is -2.40. The smallest absolute Gasteiger partial charge is 0.337 e. The predicted molar refractivity (Wildman–Crippen MR) is 94.8 cm³/mol. The van der Waals surface area contributed by atoms with Gasteiger partial charge < -0.3 is 9.47 Å². The summed E-state index contributed by atoms with van der Waals surface area (Å²) < 4.78 is 11.1. The molecule has 0 aromatic rings. The predicted octanol–water partition coefficient (Wildman–Crippen LogP) is 4.44. The second-order valence-electron chi connectivity index (χ2n) is 7.61. The normalized spacial score (nSPS) is 14.3. The Kier molecular flexibility index (Phi) is 8.32. The van der Waals surface area contributed by atoms with Crippen molar-refractivity contribution in [1.82, 2.24) is 0 Å². The first kappa shape index (κ1) is 21.6. The van der Waals surface area contributed by atoms with E-state index in [4.69, 9.17) is 14.7 Å². The zero-order chi connectivity index (χ0) is 17.6.